The van der Waals surface area contributed by atoms with Gasteiger partial charge in [0.05, 0.1) is 19.4 Å². The third kappa shape index (κ3) is 9.53. The van der Waals surface area contributed by atoms with Gasteiger partial charge in [-0.1, -0.05) is 34.6 Å². The molecule has 0 radical (unpaired) electrons. The molecule has 47 heavy (non-hydrogen) atoms. The Hall–Kier alpha value is -4.46. The second-order valence-electron chi connectivity index (χ2n) is 10.7. The number of nitrogens with two attached hydrogens (primary N) is 1. The fourth-order valence-electron chi connectivity index (χ4n) is 5.04. The Kier molecular flexibility index (Phi) is 13.7. The van der Waals surface area contributed by atoms with Crippen molar-refractivity contribution in [2.45, 2.75) is 53.9 Å². The molecule has 0 spiro atoms. The maximum Gasteiger partial charge on any atom is 0.263 e. The van der Waals surface area contributed by atoms with E-state index in [1.165, 1.54) is 10.8 Å². The number of hydrogen-bond acceptors (Lipinski definition) is 10. The van der Waals surface area contributed by atoms with E-state index in [-0.39, 0.29) is 28.9 Å². The van der Waals surface area contributed by atoms with Gasteiger partial charge >= 0.3 is 0 Å². The molecule has 3 aromatic heterocycles. The summed E-state index contributed by atoms with van der Waals surface area (Å²) >= 11 is 0. The highest BCUT2D eigenvalue weighted by Gasteiger charge is 2.31. The molecule has 1 aliphatic heterocycles. The van der Waals surface area contributed by atoms with Gasteiger partial charge in [0.15, 0.2) is 17.2 Å². The van der Waals surface area contributed by atoms with Crippen LogP contribution in [0.25, 0.3) is 17.2 Å². The van der Waals surface area contributed by atoms with Crippen LogP contribution in [-0.4, -0.2) is 96.3 Å². The van der Waals surface area contributed by atoms with Crippen molar-refractivity contribution < 1.29 is 22.7 Å². The topological polar surface area (TPSA) is 122 Å². The number of nitrogen functional groups attached to an aromatic ring is 1. The van der Waals surface area contributed by atoms with E-state index in [9.17, 15) is 13.6 Å². The zero-order valence-corrected chi connectivity index (χ0v) is 28.6. The zero-order chi connectivity index (χ0) is 34.6. The summed E-state index contributed by atoms with van der Waals surface area (Å²) in [7, 11) is 1.79. The van der Waals surface area contributed by atoms with Gasteiger partial charge in [-0.15, -0.1) is 5.10 Å². The molecular formula is C33H49F2N9O3. The maximum atomic E-state index is 14.2. The largest absolute Gasteiger partial charge is 0.494 e. The van der Waals surface area contributed by atoms with Crippen molar-refractivity contribution in [2.75, 3.05) is 79.9 Å². The molecule has 1 aliphatic rings. The number of carbonyl (C=O) groups is 1. The molecule has 14 heteroatoms. The summed E-state index contributed by atoms with van der Waals surface area (Å²) in [5, 5.41) is 4.35. The van der Waals surface area contributed by atoms with Gasteiger partial charge in [-0.05, 0) is 42.8 Å². The minimum absolute atomic E-state index is 0.000240. The quantitative estimate of drug-likeness (QED) is 0.180. The lowest BCUT2D eigenvalue weighted by Crippen LogP contribution is -2.48. The number of furan rings is 1. The number of nitrogens with zero attached hydrogens (tertiary/aromatic N) is 8. The molecule has 1 amide bonds. The number of amides is 1. The predicted octanol–water partition coefficient (Wildman–Crippen LogP) is 5.68. The van der Waals surface area contributed by atoms with Crippen LogP contribution in [-0.2, 0) is 4.79 Å². The smallest absolute Gasteiger partial charge is 0.263 e. The number of carbonyl (C=O) groups excluding carboxylic acids is 1. The summed E-state index contributed by atoms with van der Waals surface area (Å²) in [5.41, 5.74) is 7.62. The SMILES string of the molecule is CC.CC.CCCOc1ccc(N2CCN(CCN(C)c3nc(N)n4nc(-c5ccco5)nc4c3N(C=O)CC(C)(F)F)CC2)cc1. The number of anilines is 4. The van der Waals surface area contributed by atoms with Crippen LogP contribution in [0.4, 0.5) is 31.9 Å². The number of rotatable bonds is 13. The third-order valence-corrected chi connectivity index (χ3v) is 7.23. The first-order valence-corrected chi connectivity index (χ1v) is 16.3. The third-order valence-electron chi connectivity index (χ3n) is 7.23. The van der Waals surface area contributed by atoms with Crippen molar-refractivity contribution in [3.05, 3.63) is 42.7 Å². The summed E-state index contributed by atoms with van der Waals surface area (Å²) in [6.07, 6.45) is 2.79. The van der Waals surface area contributed by atoms with E-state index in [1.807, 2.05) is 39.8 Å². The molecule has 2 N–H and O–H groups in total. The second-order valence-corrected chi connectivity index (χ2v) is 10.7. The van der Waals surface area contributed by atoms with Crippen LogP contribution in [0, 0.1) is 0 Å². The normalized spacial score (nSPS) is 13.3. The summed E-state index contributed by atoms with van der Waals surface area (Å²) in [5.74, 6) is -1.49. The standard InChI is InChI=1S/C29H37F2N9O3.2C2H6/c1-4-17-42-22-9-7-21(8-10-22)38-15-13-37(14-16-38)12-11-36(3)26-24(39(20-41)19-29(2,30)31)27-33-25(23-6-5-18-43-23)35-40(27)28(32)34-26;2*1-2/h5-10,18,20H,4,11-17,19H2,1-3H3,(H2,32,34);2*1-2H3. The van der Waals surface area contributed by atoms with Crippen molar-refractivity contribution in [2.24, 2.45) is 0 Å². The number of benzene rings is 1. The van der Waals surface area contributed by atoms with Crippen molar-refractivity contribution in [3.8, 4) is 17.3 Å². The lowest BCUT2D eigenvalue weighted by molar-refractivity contribution is -0.108. The van der Waals surface area contributed by atoms with E-state index < -0.39 is 12.5 Å². The van der Waals surface area contributed by atoms with Crippen LogP contribution in [0.3, 0.4) is 0 Å². The Labute approximate surface area is 276 Å². The number of alkyl halides is 2. The molecule has 0 unspecified atom stereocenters. The summed E-state index contributed by atoms with van der Waals surface area (Å²) < 4.78 is 40.7. The van der Waals surface area contributed by atoms with Crippen LogP contribution < -0.4 is 25.2 Å². The van der Waals surface area contributed by atoms with E-state index in [4.69, 9.17) is 14.9 Å². The van der Waals surface area contributed by atoms with Gasteiger partial charge < -0.3 is 29.6 Å². The Bertz CT molecular complexity index is 1500. The van der Waals surface area contributed by atoms with Gasteiger partial charge in [-0.2, -0.15) is 9.50 Å². The predicted molar refractivity (Wildman–Crippen MR) is 184 cm³/mol. The van der Waals surface area contributed by atoms with E-state index in [0.717, 1.165) is 55.9 Å². The van der Waals surface area contributed by atoms with Crippen molar-refractivity contribution >= 4 is 35.2 Å². The van der Waals surface area contributed by atoms with Crippen LogP contribution in [0.5, 0.6) is 5.75 Å². The Morgan fingerprint density at radius 1 is 1.06 bits per heavy atom. The molecule has 12 nitrogen and oxygen atoms in total. The molecular weight excluding hydrogens is 608 g/mol. The van der Waals surface area contributed by atoms with E-state index in [0.29, 0.717) is 31.9 Å². The van der Waals surface area contributed by atoms with Gasteiger partial charge in [-0.3, -0.25) is 9.69 Å². The van der Waals surface area contributed by atoms with Crippen LogP contribution >= 0.6 is 0 Å². The molecule has 1 saturated heterocycles. The molecule has 0 aliphatic carbocycles. The molecule has 4 heterocycles. The first-order chi connectivity index (χ1) is 22.7. The molecule has 0 saturated carbocycles. The van der Waals surface area contributed by atoms with E-state index in [1.54, 1.807) is 24.1 Å². The van der Waals surface area contributed by atoms with Crippen molar-refractivity contribution in [3.63, 3.8) is 0 Å². The number of halogens is 2. The minimum atomic E-state index is -3.17. The number of hydrogen-bond donors (Lipinski definition) is 1. The van der Waals surface area contributed by atoms with E-state index >= 15 is 0 Å². The zero-order valence-electron chi connectivity index (χ0n) is 28.6. The van der Waals surface area contributed by atoms with Crippen molar-refractivity contribution in [1.82, 2.24) is 24.5 Å². The highest BCUT2D eigenvalue weighted by Crippen LogP contribution is 2.34. The number of piperazine rings is 1. The Morgan fingerprint density at radius 3 is 2.32 bits per heavy atom. The minimum Gasteiger partial charge on any atom is -0.494 e. The van der Waals surface area contributed by atoms with Crippen LogP contribution in [0.15, 0.2) is 47.1 Å². The molecule has 0 bridgehead atoms. The van der Waals surface area contributed by atoms with Gasteiger partial charge in [-0.25, -0.2) is 13.8 Å². The average Bonchev–Trinajstić information content (AvgIpc) is 3.79. The monoisotopic (exact) mass is 657 g/mol. The highest BCUT2D eigenvalue weighted by molar-refractivity contribution is 5.92. The summed E-state index contributed by atoms with van der Waals surface area (Å²) in [4.78, 5) is 28.5. The molecule has 0 atom stereocenters. The van der Waals surface area contributed by atoms with Gasteiger partial charge in [0.25, 0.3) is 5.92 Å². The molecule has 5 rings (SSSR count). The lowest BCUT2D eigenvalue weighted by atomic mass is 10.2. The maximum absolute atomic E-state index is 14.2. The first-order valence-electron chi connectivity index (χ1n) is 16.3. The van der Waals surface area contributed by atoms with Crippen LogP contribution in [0.1, 0.15) is 48.0 Å². The molecule has 1 fully saturated rings. The Balaban J connectivity index is 0.00000144. The second kappa shape index (κ2) is 17.5. The van der Waals surface area contributed by atoms with Gasteiger partial charge in [0, 0.05) is 58.9 Å². The summed E-state index contributed by atoms with van der Waals surface area (Å²) in [6.45, 7) is 15.3. The van der Waals surface area contributed by atoms with Crippen molar-refractivity contribution in [1.29, 1.82) is 0 Å². The molecule has 1 aromatic carbocycles. The average molecular weight is 658 g/mol. The molecule has 258 valence electrons. The van der Waals surface area contributed by atoms with Gasteiger partial charge in [0.2, 0.25) is 18.2 Å². The number of likely N-dealkylation sites (N-methyl/N-ethyl adjacent to an activating group) is 1. The van der Waals surface area contributed by atoms with E-state index in [2.05, 4.69) is 43.9 Å². The number of aromatic nitrogens is 4. The highest BCUT2D eigenvalue weighted by atomic mass is 19.3. The van der Waals surface area contributed by atoms with Gasteiger partial charge in [0.1, 0.15) is 11.4 Å². The fraction of sp³-hybridized carbons (Fsp3) is 0.515. The van der Waals surface area contributed by atoms with Crippen LogP contribution in [0.2, 0.25) is 0 Å². The lowest BCUT2D eigenvalue weighted by Gasteiger charge is -2.37. The fourth-order valence-corrected chi connectivity index (χ4v) is 5.04. The molecule has 4 aromatic rings. The number of ether oxygens (including phenoxy) is 1. The first kappa shape index (κ1) is 37.0. The Morgan fingerprint density at radius 2 is 1.74 bits per heavy atom. The number of fused-ring (bicyclic) bond motifs is 1. The summed E-state index contributed by atoms with van der Waals surface area (Å²) in [6, 6.07) is 11.5.